The Kier molecular flexibility index (Phi) is 4.25. The average molecular weight is 327 g/mol. The van der Waals surface area contributed by atoms with E-state index in [0.717, 1.165) is 36.9 Å². The van der Waals surface area contributed by atoms with E-state index in [-0.39, 0.29) is 18.0 Å². The van der Waals surface area contributed by atoms with E-state index in [9.17, 15) is 9.59 Å². The molecule has 5 heteroatoms. The van der Waals surface area contributed by atoms with E-state index in [1.54, 1.807) is 6.07 Å². The van der Waals surface area contributed by atoms with Gasteiger partial charge < -0.3 is 5.32 Å². The molecule has 0 saturated heterocycles. The zero-order valence-corrected chi connectivity index (χ0v) is 14.0. The van der Waals surface area contributed by atoms with Gasteiger partial charge in [-0.1, -0.05) is 18.6 Å². The number of rotatable bonds is 4. The molecule has 0 aliphatic heterocycles. The summed E-state index contributed by atoms with van der Waals surface area (Å²) in [5.74, 6) is 1.79. The molecule has 0 spiro atoms. The largest absolute Gasteiger partial charge is 0.354 e. The Hall–Kier alpha value is -1.91. The van der Waals surface area contributed by atoms with Crippen molar-refractivity contribution in [3.05, 3.63) is 39.8 Å². The van der Waals surface area contributed by atoms with Crippen molar-refractivity contribution in [3.8, 4) is 0 Å². The third kappa shape index (κ3) is 3.17. The van der Waals surface area contributed by atoms with Gasteiger partial charge in [-0.25, -0.2) is 4.68 Å². The van der Waals surface area contributed by atoms with Gasteiger partial charge in [-0.2, -0.15) is 5.10 Å². The highest BCUT2D eigenvalue weighted by Gasteiger charge is 2.35. The van der Waals surface area contributed by atoms with Crippen molar-refractivity contribution in [2.24, 2.45) is 17.8 Å². The normalized spacial score (nSPS) is 27.8. The number of carbonyl (C=O) groups excluding carboxylic acids is 1. The molecule has 2 bridgehead atoms. The summed E-state index contributed by atoms with van der Waals surface area (Å²) in [6, 6.07) is 1.68. The first-order chi connectivity index (χ1) is 11.7. The lowest BCUT2D eigenvalue weighted by molar-refractivity contribution is -0.122. The first-order valence-electron chi connectivity index (χ1n) is 9.24. The predicted molar refractivity (Wildman–Crippen MR) is 91.6 cm³/mol. The van der Waals surface area contributed by atoms with Crippen LogP contribution < -0.4 is 10.9 Å². The molecule has 1 heterocycles. The van der Waals surface area contributed by atoms with Gasteiger partial charge in [-0.15, -0.1) is 0 Å². The van der Waals surface area contributed by atoms with Crippen LogP contribution in [0.25, 0.3) is 0 Å². The predicted octanol–water partition coefficient (Wildman–Crippen LogP) is 1.84. The molecular weight excluding hydrogens is 302 g/mol. The van der Waals surface area contributed by atoms with E-state index in [1.807, 2.05) is 0 Å². The minimum atomic E-state index is -0.159. The number of fused-ring (bicyclic) bond motifs is 3. The average Bonchev–Trinajstić information content (AvgIpc) is 3.12. The molecule has 1 aromatic rings. The standard InChI is InChI=1S/C19H25N3O2/c23-18(20-11-16-9-13-6-7-14(16)8-13)12-22-19(24)10-15-4-2-1-3-5-17(15)21-22/h6-7,10,13-14,16H,1-5,8-9,11-12H2,(H,20,23)/t13-,14-,16-/m0/s1. The van der Waals surface area contributed by atoms with Crippen LogP contribution in [-0.2, 0) is 24.2 Å². The van der Waals surface area contributed by atoms with Crippen molar-refractivity contribution in [2.45, 2.75) is 51.5 Å². The fourth-order valence-corrected chi connectivity index (χ4v) is 4.46. The van der Waals surface area contributed by atoms with Crippen LogP contribution in [0.1, 0.15) is 43.4 Å². The number of aryl methyl sites for hydroxylation is 2. The maximum absolute atomic E-state index is 12.2. The summed E-state index contributed by atoms with van der Waals surface area (Å²) < 4.78 is 1.33. The molecule has 5 nitrogen and oxygen atoms in total. The summed E-state index contributed by atoms with van der Waals surface area (Å²) in [7, 11) is 0. The van der Waals surface area contributed by atoms with E-state index in [2.05, 4.69) is 22.6 Å². The second-order valence-corrected chi connectivity index (χ2v) is 7.52. The van der Waals surface area contributed by atoms with Crippen molar-refractivity contribution >= 4 is 5.91 Å². The van der Waals surface area contributed by atoms with Gasteiger partial charge >= 0.3 is 0 Å². The Labute approximate surface area is 142 Å². The number of hydrogen-bond donors (Lipinski definition) is 1. The second-order valence-electron chi connectivity index (χ2n) is 7.52. The van der Waals surface area contributed by atoms with Gasteiger partial charge in [-0.05, 0) is 61.8 Å². The third-order valence-electron chi connectivity index (χ3n) is 5.80. The first kappa shape index (κ1) is 15.6. The molecule has 4 rings (SSSR count). The quantitative estimate of drug-likeness (QED) is 0.678. The van der Waals surface area contributed by atoms with Gasteiger partial charge in [0.2, 0.25) is 5.91 Å². The fraction of sp³-hybridized carbons (Fsp3) is 0.632. The van der Waals surface area contributed by atoms with Crippen LogP contribution in [0.15, 0.2) is 23.0 Å². The summed E-state index contributed by atoms with van der Waals surface area (Å²) >= 11 is 0. The van der Waals surface area contributed by atoms with Crippen molar-refractivity contribution in [1.82, 2.24) is 15.1 Å². The lowest BCUT2D eigenvalue weighted by atomic mass is 9.94. The zero-order valence-electron chi connectivity index (χ0n) is 14.0. The van der Waals surface area contributed by atoms with Gasteiger partial charge in [-0.3, -0.25) is 9.59 Å². The molecule has 1 amide bonds. The Bertz CT molecular complexity index is 722. The minimum absolute atomic E-state index is 0.0305. The van der Waals surface area contributed by atoms with Crippen LogP contribution in [0, 0.1) is 17.8 Å². The Morgan fingerprint density at radius 2 is 2.08 bits per heavy atom. The lowest BCUT2D eigenvalue weighted by Crippen LogP contribution is -2.37. The molecule has 0 aromatic carbocycles. The molecule has 3 aliphatic carbocycles. The highest BCUT2D eigenvalue weighted by Crippen LogP contribution is 2.42. The number of nitrogens with one attached hydrogen (secondary N) is 1. The van der Waals surface area contributed by atoms with Gasteiger partial charge in [0.25, 0.3) is 5.56 Å². The molecule has 1 fully saturated rings. The van der Waals surface area contributed by atoms with Crippen LogP contribution in [0.2, 0.25) is 0 Å². The number of aromatic nitrogens is 2. The first-order valence-corrected chi connectivity index (χ1v) is 9.24. The van der Waals surface area contributed by atoms with Crippen LogP contribution in [-0.4, -0.2) is 22.2 Å². The van der Waals surface area contributed by atoms with Crippen LogP contribution in [0.3, 0.4) is 0 Å². The molecular formula is C19H25N3O2. The van der Waals surface area contributed by atoms with Crippen LogP contribution in [0.4, 0.5) is 0 Å². The number of amides is 1. The van der Waals surface area contributed by atoms with Crippen molar-refractivity contribution in [1.29, 1.82) is 0 Å². The summed E-state index contributed by atoms with van der Waals surface area (Å²) in [5.41, 5.74) is 1.91. The molecule has 3 atom stereocenters. The Balaban J connectivity index is 1.38. The topological polar surface area (TPSA) is 64.0 Å². The smallest absolute Gasteiger partial charge is 0.267 e. The Morgan fingerprint density at radius 3 is 2.88 bits per heavy atom. The summed E-state index contributed by atoms with van der Waals surface area (Å²) in [5, 5.41) is 7.47. The van der Waals surface area contributed by atoms with Gasteiger partial charge in [0.15, 0.2) is 0 Å². The highest BCUT2D eigenvalue weighted by molar-refractivity contribution is 5.75. The maximum Gasteiger partial charge on any atom is 0.267 e. The molecule has 0 radical (unpaired) electrons. The number of nitrogens with zero attached hydrogens (tertiary/aromatic N) is 2. The lowest BCUT2D eigenvalue weighted by Gasteiger charge is -2.18. The van der Waals surface area contributed by atoms with E-state index in [1.165, 1.54) is 23.9 Å². The van der Waals surface area contributed by atoms with Gasteiger partial charge in [0, 0.05) is 12.6 Å². The van der Waals surface area contributed by atoms with Crippen molar-refractivity contribution < 1.29 is 4.79 Å². The van der Waals surface area contributed by atoms with E-state index < -0.39 is 0 Å². The SMILES string of the molecule is O=C(Cn1nc2c(cc1=O)CCCCC2)NC[C@@H]1C[C@H]2C=C[C@H]1C2. The summed E-state index contributed by atoms with van der Waals surface area (Å²) in [6.45, 7) is 0.743. The molecule has 3 aliphatic rings. The molecule has 1 saturated carbocycles. The number of allylic oxidation sites excluding steroid dienone is 2. The van der Waals surface area contributed by atoms with E-state index in [4.69, 9.17) is 0 Å². The van der Waals surface area contributed by atoms with E-state index >= 15 is 0 Å². The minimum Gasteiger partial charge on any atom is -0.354 e. The molecule has 128 valence electrons. The van der Waals surface area contributed by atoms with Crippen LogP contribution >= 0.6 is 0 Å². The molecule has 0 unspecified atom stereocenters. The maximum atomic E-state index is 12.2. The third-order valence-corrected chi connectivity index (χ3v) is 5.80. The fourth-order valence-electron chi connectivity index (χ4n) is 4.46. The number of carbonyl (C=O) groups is 1. The van der Waals surface area contributed by atoms with E-state index in [0.29, 0.717) is 24.3 Å². The second kappa shape index (κ2) is 6.54. The summed E-state index contributed by atoms with van der Waals surface area (Å²) in [6.07, 6.45) is 12.3. The van der Waals surface area contributed by atoms with Gasteiger partial charge in [0.05, 0.1) is 5.69 Å². The number of hydrogen-bond acceptors (Lipinski definition) is 3. The molecule has 1 N–H and O–H groups in total. The summed E-state index contributed by atoms with van der Waals surface area (Å²) in [4.78, 5) is 24.4. The monoisotopic (exact) mass is 327 g/mol. The Morgan fingerprint density at radius 1 is 1.21 bits per heavy atom. The van der Waals surface area contributed by atoms with Crippen molar-refractivity contribution in [3.63, 3.8) is 0 Å². The molecule has 24 heavy (non-hydrogen) atoms. The van der Waals surface area contributed by atoms with Gasteiger partial charge in [0.1, 0.15) is 6.54 Å². The van der Waals surface area contributed by atoms with Crippen LogP contribution in [0.5, 0.6) is 0 Å². The van der Waals surface area contributed by atoms with Crippen molar-refractivity contribution in [2.75, 3.05) is 6.54 Å². The zero-order chi connectivity index (χ0) is 16.5. The highest BCUT2D eigenvalue weighted by atomic mass is 16.2. The molecule has 1 aromatic heterocycles.